The quantitative estimate of drug-likeness (QED) is 0.790. The third-order valence-corrected chi connectivity index (χ3v) is 3.18. The molecule has 1 N–H and O–H groups in total. The van der Waals surface area contributed by atoms with Gasteiger partial charge < -0.3 is 10.1 Å². The largest absolute Gasteiger partial charge is 0.488 e. The minimum atomic E-state index is -0.342. The van der Waals surface area contributed by atoms with E-state index >= 15 is 0 Å². The third kappa shape index (κ3) is 4.53. The van der Waals surface area contributed by atoms with E-state index in [-0.39, 0.29) is 5.82 Å². The Labute approximate surface area is 125 Å². The van der Waals surface area contributed by atoms with E-state index < -0.39 is 0 Å². The van der Waals surface area contributed by atoms with Crippen LogP contribution in [-0.4, -0.2) is 11.5 Å². The van der Waals surface area contributed by atoms with Crippen molar-refractivity contribution < 1.29 is 9.13 Å². The van der Waals surface area contributed by atoms with Crippen LogP contribution >= 0.6 is 0 Å². The molecule has 0 fully saturated rings. The van der Waals surface area contributed by atoms with E-state index in [0.29, 0.717) is 6.61 Å². The zero-order valence-corrected chi connectivity index (χ0v) is 12.5. The first-order chi connectivity index (χ1) is 10.2. The molecule has 0 bridgehead atoms. The zero-order chi connectivity index (χ0) is 15.1. The van der Waals surface area contributed by atoms with Crippen LogP contribution in [0.2, 0.25) is 0 Å². The Balaban J connectivity index is 2.07. The van der Waals surface area contributed by atoms with Crippen LogP contribution in [0.25, 0.3) is 0 Å². The Morgan fingerprint density at radius 1 is 1.29 bits per heavy atom. The van der Waals surface area contributed by atoms with Gasteiger partial charge in [-0.1, -0.05) is 25.1 Å². The molecule has 2 aromatic rings. The van der Waals surface area contributed by atoms with Gasteiger partial charge in [-0.2, -0.15) is 0 Å². The molecule has 0 amide bonds. The van der Waals surface area contributed by atoms with Gasteiger partial charge in [-0.15, -0.1) is 0 Å². The molecule has 1 heterocycles. The summed E-state index contributed by atoms with van der Waals surface area (Å²) in [4.78, 5) is 3.83. The summed E-state index contributed by atoms with van der Waals surface area (Å²) in [5, 5.41) is 3.37. The highest BCUT2D eigenvalue weighted by atomic mass is 19.1. The lowest BCUT2D eigenvalue weighted by molar-refractivity contribution is 0.299. The molecule has 0 spiro atoms. The van der Waals surface area contributed by atoms with E-state index in [9.17, 15) is 4.39 Å². The fourth-order valence-electron chi connectivity index (χ4n) is 2.15. The second kappa shape index (κ2) is 7.74. The molecule has 1 aromatic carbocycles. The van der Waals surface area contributed by atoms with Crippen LogP contribution in [0.15, 0.2) is 36.7 Å². The summed E-state index contributed by atoms with van der Waals surface area (Å²) in [5.74, 6) is 0.524. The van der Waals surface area contributed by atoms with Crippen LogP contribution < -0.4 is 10.1 Å². The molecule has 1 aromatic heterocycles. The summed E-state index contributed by atoms with van der Waals surface area (Å²) in [6, 6.07) is 7.53. The van der Waals surface area contributed by atoms with Crippen molar-refractivity contribution in [3.63, 3.8) is 0 Å². The molecular formula is C17H21FN2O. The number of hydrogen-bond donors (Lipinski definition) is 1. The molecule has 0 aliphatic carbocycles. The number of para-hydroxylation sites is 1. The predicted octanol–water partition coefficient (Wildman–Crippen LogP) is 3.61. The van der Waals surface area contributed by atoms with Gasteiger partial charge in [0.25, 0.3) is 0 Å². The number of ether oxygens (including phenoxy) is 1. The molecule has 112 valence electrons. The van der Waals surface area contributed by atoms with Gasteiger partial charge in [-0.3, -0.25) is 4.98 Å². The summed E-state index contributed by atoms with van der Waals surface area (Å²) >= 11 is 0. The number of nitrogens with one attached hydrogen (secondary N) is 1. The highest BCUT2D eigenvalue weighted by Crippen LogP contribution is 2.24. The number of halogens is 1. The molecule has 21 heavy (non-hydrogen) atoms. The van der Waals surface area contributed by atoms with Gasteiger partial charge >= 0.3 is 0 Å². The fourth-order valence-corrected chi connectivity index (χ4v) is 2.15. The smallest absolute Gasteiger partial charge is 0.141 e. The van der Waals surface area contributed by atoms with Crippen LogP contribution in [0.3, 0.4) is 0 Å². The lowest BCUT2D eigenvalue weighted by Gasteiger charge is -2.14. The van der Waals surface area contributed by atoms with Crippen LogP contribution in [0.1, 0.15) is 30.0 Å². The van der Waals surface area contributed by atoms with E-state index in [2.05, 4.69) is 23.3 Å². The van der Waals surface area contributed by atoms with Gasteiger partial charge in [-0.25, -0.2) is 4.39 Å². The number of aryl methyl sites for hydroxylation is 1. The Bertz CT molecular complexity index is 587. The van der Waals surface area contributed by atoms with Gasteiger partial charge in [0, 0.05) is 23.9 Å². The average Bonchev–Trinajstić information content (AvgIpc) is 2.47. The Hall–Kier alpha value is -1.94. The number of benzene rings is 1. The normalized spacial score (nSPS) is 10.6. The van der Waals surface area contributed by atoms with Gasteiger partial charge in [0.2, 0.25) is 0 Å². The standard InChI is InChI=1S/C17H21FN2O/c1-3-7-19-10-15-6-4-5-13(2)17(15)21-12-14-8-16(18)11-20-9-14/h4-6,8-9,11,19H,3,7,10,12H2,1-2H3. The van der Waals surface area contributed by atoms with E-state index in [4.69, 9.17) is 4.74 Å². The maximum atomic E-state index is 13.1. The molecule has 0 unspecified atom stereocenters. The molecule has 4 heteroatoms. The summed E-state index contributed by atoms with van der Waals surface area (Å²) in [5.41, 5.74) is 2.92. The van der Waals surface area contributed by atoms with E-state index in [0.717, 1.165) is 42.0 Å². The van der Waals surface area contributed by atoms with Crippen LogP contribution in [0.5, 0.6) is 5.75 Å². The highest BCUT2D eigenvalue weighted by molar-refractivity contribution is 5.40. The van der Waals surface area contributed by atoms with Crippen molar-refractivity contribution in [1.82, 2.24) is 10.3 Å². The number of pyridine rings is 1. The number of rotatable bonds is 7. The Kier molecular flexibility index (Phi) is 5.69. The molecule has 0 radical (unpaired) electrons. The first-order valence-electron chi connectivity index (χ1n) is 7.22. The van der Waals surface area contributed by atoms with E-state index in [1.54, 1.807) is 6.20 Å². The molecule has 0 saturated carbocycles. The summed E-state index contributed by atoms with van der Waals surface area (Å²) in [6.07, 6.45) is 3.91. The van der Waals surface area contributed by atoms with Crippen LogP contribution in [0, 0.1) is 12.7 Å². The van der Waals surface area contributed by atoms with Crippen molar-refractivity contribution in [2.24, 2.45) is 0 Å². The van der Waals surface area contributed by atoms with Crippen molar-refractivity contribution in [3.8, 4) is 5.75 Å². The highest BCUT2D eigenvalue weighted by Gasteiger charge is 2.07. The lowest BCUT2D eigenvalue weighted by atomic mass is 10.1. The second-order valence-electron chi connectivity index (χ2n) is 5.04. The third-order valence-electron chi connectivity index (χ3n) is 3.18. The Morgan fingerprint density at radius 2 is 2.14 bits per heavy atom. The first-order valence-corrected chi connectivity index (χ1v) is 7.22. The molecular weight excluding hydrogens is 267 g/mol. The minimum absolute atomic E-state index is 0.316. The number of hydrogen-bond acceptors (Lipinski definition) is 3. The fraction of sp³-hybridized carbons (Fsp3) is 0.353. The van der Waals surface area contributed by atoms with Crippen molar-refractivity contribution in [3.05, 3.63) is 59.2 Å². The van der Waals surface area contributed by atoms with Crippen molar-refractivity contribution in [2.45, 2.75) is 33.4 Å². The summed E-state index contributed by atoms with van der Waals surface area (Å²) < 4.78 is 19.0. The SMILES string of the molecule is CCCNCc1cccc(C)c1OCc1cncc(F)c1. The second-order valence-corrected chi connectivity index (χ2v) is 5.04. The minimum Gasteiger partial charge on any atom is -0.488 e. The Morgan fingerprint density at radius 3 is 2.90 bits per heavy atom. The van der Waals surface area contributed by atoms with Crippen molar-refractivity contribution in [1.29, 1.82) is 0 Å². The van der Waals surface area contributed by atoms with E-state index in [1.165, 1.54) is 12.3 Å². The molecule has 2 rings (SSSR count). The summed E-state index contributed by atoms with van der Waals surface area (Å²) in [6.45, 7) is 6.21. The molecule has 0 saturated heterocycles. The van der Waals surface area contributed by atoms with Crippen LogP contribution in [0.4, 0.5) is 4.39 Å². The maximum absolute atomic E-state index is 13.1. The van der Waals surface area contributed by atoms with Crippen LogP contribution in [-0.2, 0) is 13.2 Å². The van der Waals surface area contributed by atoms with Gasteiger partial charge in [0.15, 0.2) is 0 Å². The molecule has 0 aliphatic rings. The van der Waals surface area contributed by atoms with Gasteiger partial charge in [0.1, 0.15) is 18.2 Å². The molecule has 0 aliphatic heterocycles. The van der Waals surface area contributed by atoms with E-state index in [1.807, 2.05) is 19.1 Å². The predicted molar refractivity (Wildman–Crippen MR) is 81.7 cm³/mol. The zero-order valence-electron chi connectivity index (χ0n) is 12.5. The number of aromatic nitrogens is 1. The number of nitrogens with zero attached hydrogens (tertiary/aromatic N) is 1. The summed E-state index contributed by atoms with van der Waals surface area (Å²) in [7, 11) is 0. The first kappa shape index (κ1) is 15.4. The monoisotopic (exact) mass is 288 g/mol. The van der Waals surface area contributed by atoms with Gasteiger partial charge in [0.05, 0.1) is 6.20 Å². The van der Waals surface area contributed by atoms with Crippen molar-refractivity contribution in [2.75, 3.05) is 6.54 Å². The van der Waals surface area contributed by atoms with Gasteiger partial charge in [-0.05, 0) is 31.5 Å². The molecule has 0 atom stereocenters. The molecule has 3 nitrogen and oxygen atoms in total. The maximum Gasteiger partial charge on any atom is 0.141 e. The average molecular weight is 288 g/mol. The lowest BCUT2D eigenvalue weighted by Crippen LogP contribution is -2.15. The van der Waals surface area contributed by atoms with Crippen molar-refractivity contribution >= 4 is 0 Å². The topological polar surface area (TPSA) is 34.1 Å².